The Morgan fingerprint density at radius 3 is 2.26 bits per heavy atom. The zero-order valence-electron chi connectivity index (χ0n) is 14.0. The highest BCUT2D eigenvalue weighted by Gasteiger charge is 2.38. The molecule has 0 radical (unpaired) electrons. The maximum absolute atomic E-state index is 12.8. The van der Waals surface area contributed by atoms with E-state index in [9.17, 15) is 14.7 Å². The molecule has 2 saturated carbocycles. The zero-order valence-corrected chi connectivity index (χ0v) is 14.0. The second kappa shape index (κ2) is 7.65. The zero-order chi connectivity index (χ0) is 16.2. The minimum absolute atomic E-state index is 0.0213. The summed E-state index contributed by atoms with van der Waals surface area (Å²) < 4.78 is 0. The van der Waals surface area contributed by atoms with Crippen LogP contribution < -0.4 is 5.32 Å². The lowest BCUT2D eigenvalue weighted by Crippen LogP contribution is -2.51. The van der Waals surface area contributed by atoms with Gasteiger partial charge in [-0.1, -0.05) is 19.3 Å². The lowest BCUT2D eigenvalue weighted by Gasteiger charge is -2.32. The highest BCUT2D eigenvalue weighted by Crippen LogP contribution is 2.29. The summed E-state index contributed by atoms with van der Waals surface area (Å²) in [5, 5.41) is 12.7. The van der Waals surface area contributed by atoms with Crippen LogP contribution in [0.15, 0.2) is 0 Å². The lowest BCUT2D eigenvalue weighted by molar-refractivity contribution is -0.142. The van der Waals surface area contributed by atoms with E-state index in [0.717, 1.165) is 70.8 Å². The molecule has 0 bridgehead atoms. The van der Waals surface area contributed by atoms with Gasteiger partial charge in [0.25, 0.3) is 0 Å². The second-order valence-corrected chi connectivity index (χ2v) is 7.54. The Balaban J connectivity index is 1.55. The van der Waals surface area contributed by atoms with Crippen molar-refractivity contribution in [3.8, 4) is 0 Å². The summed E-state index contributed by atoms with van der Waals surface area (Å²) in [5.41, 5.74) is 0. The average Bonchev–Trinajstić information content (AvgIpc) is 3.07. The number of rotatable bonds is 3. The standard InChI is InChI=1S/C18H30N2O3/c21-15-10-8-14(9-11-15)19-17(22)16-7-4-12-20(16)18(23)13-5-2-1-3-6-13/h13-16,21H,1-12H2,(H,19,22). The van der Waals surface area contributed by atoms with E-state index in [-0.39, 0.29) is 35.9 Å². The van der Waals surface area contributed by atoms with E-state index in [2.05, 4.69) is 5.32 Å². The van der Waals surface area contributed by atoms with Crippen LogP contribution in [-0.4, -0.2) is 46.6 Å². The van der Waals surface area contributed by atoms with E-state index >= 15 is 0 Å². The number of amides is 2. The fourth-order valence-electron chi connectivity index (χ4n) is 4.40. The number of aliphatic hydroxyl groups is 1. The molecule has 3 aliphatic rings. The Morgan fingerprint density at radius 1 is 0.870 bits per heavy atom. The molecule has 0 aromatic carbocycles. The number of likely N-dealkylation sites (tertiary alicyclic amines) is 1. The molecule has 5 heteroatoms. The quantitative estimate of drug-likeness (QED) is 0.835. The summed E-state index contributed by atoms with van der Waals surface area (Å²) in [6.45, 7) is 0.733. The van der Waals surface area contributed by atoms with Crippen molar-refractivity contribution >= 4 is 11.8 Å². The normalized spacial score (nSPS) is 32.7. The van der Waals surface area contributed by atoms with Crippen molar-refractivity contribution in [3.63, 3.8) is 0 Å². The van der Waals surface area contributed by atoms with Gasteiger partial charge in [0.1, 0.15) is 6.04 Å². The van der Waals surface area contributed by atoms with Gasteiger partial charge in [0.05, 0.1) is 6.10 Å². The molecule has 0 spiro atoms. The topological polar surface area (TPSA) is 69.6 Å². The Kier molecular flexibility index (Phi) is 5.57. The molecule has 2 amide bonds. The number of carbonyl (C=O) groups excluding carboxylic acids is 2. The smallest absolute Gasteiger partial charge is 0.243 e. The predicted molar refractivity (Wildman–Crippen MR) is 87.7 cm³/mol. The molecule has 1 heterocycles. The predicted octanol–water partition coefficient (Wildman–Crippen LogP) is 1.98. The van der Waals surface area contributed by atoms with Gasteiger partial charge in [-0.25, -0.2) is 0 Å². The van der Waals surface area contributed by atoms with Gasteiger partial charge in [-0.3, -0.25) is 9.59 Å². The van der Waals surface area contributed by atoms with Gasteiger partial charge in [0.2, 0.25) is 11.8 Å². The molecule has 3 fully saturated rings. The molecule has 1 saturated heterocycles. The summed E-state index contributed by atoms with van der Waals surface area (Å²) in [5.74, 6) is 0.372. The summed E-state index contributed by atoms with van der Waals surface area (Å²) in [4.78, 5) is 27.2. The van der Waals surface area contributed by atoms with Gasteiger partial charge >= 0.3 is 0 Å². The third-order valence-corrected chi connectivity index (χ3v) is 5.84. The number of aliphatic hydroxyl groups excluding tert-OH is 1. The van der Waals surface area contributed by atoms with Crippen molar-refractivity contribution in [1.29, 1.82) is 0 Å². The molecule has 23 heavy (non-hydrogen) atoms. The molecular formula is C18H30N2O3. The van der Waals surface area contributed by atoms with Crippen molar-refractivity contribution < 1.29 is 14.7 Å². The molecule has 1 unspecified atom stereocenters. The first-order chi connectivity index (χ1) is 11.1. The molecule has 1 aliphatic heterocycles. The molecule has 2 aliphatic carbocycles. The largest absolute Gasteiger partial charge is 0.393 e. The Bertz CT molecular complexity index is 426. The molecular weight excluding hydrogens is 292 g/mol. The SMILES string of the molecule is O=C(NC1CCC(O)CC1)C1CCCN1C(=O)C1CCCCC1. The van der Waals surface area contributed by atoms with Crippen LogP contribution in [-0.2, 0) is 9.59 Å². The maximum Gasteiger partial charge on any atom is 0.243 e. The van der Waals surface area contributed by atoms with Crippen LogP contribution >= 0.6 is 0 Å². The van der Waals surface area contributed by atoms with Crippen molar-refractivity contribution in [2.45, 2.75) is 88.8 Å². The van der Waals surface area contributed by atoms with Crippen LogP contribution in [0.1, 0.15) is 70.6 Å². The van der Waals surface area contributed by atoms with Gasteiger partial charge in [-0.2, -0.15) is 0 Å². The second-order valence-electron chi connectivity index (χ2n) is 7.54. The number of nitrogens with one attached hydrogen (secondary N) is 1. The summed E-state index contributed by atoms with van der Waals surface area (Å²) >= 11 is 0. The molecule has 130 valence electrons. The van der Waals surface area contributed by atoms with E-state index in [0.29, 0.717) is 0 Å². The van der Waals surface area contributed by atoms with Crippen LogP contribution in [0.25, 0.3) is 0 Å². The van der Waals surface area contributed by atoms with Crippen LogP contribution in [0.5, 0.6) is 0 Å². The van der Waals surface area contributed by atoms with Gasteiger partial charge in [-0.05, 0) is 51.4 Å². The third-order valence-electron chi connectivity index (χ3n) is 5.84. The molecule has 2 N–H and O–H groups in total. The fraction of sp³-hybridized carbons (Fsp3) is 0.889. The molecule has 5 nitrogen and oxygen atoms in total. The van der Waals surface area contributed by atoms with Crippen LogP contribution in [0.3, 0.4) is 0 Å². The van der Waals surface area contributed by atoms with E-state index in [1.807, 2.05) is 4.90 Å². The van der Waals surface area contributed by atoms with E-state index < -0.39 is 0 Å². The minimum atomic E-state index is -0.267. The molecule has 1 atom stereocenters. The lowest BCUT2D eigenvalue weighted by atomic mass is 9.88. The summed E-state index contributed by atoms with van der Waals surface area (Å²) in [7, 11) is 0. The van der Waals surface area contributed by atoms with Crippen LogP contribution in [0.2, 0.25) is 0 Å². The first-order valence-electron chi connectivity index (χ1n) is 9.44. The monoisotopic (exact) mass is 322 g/mol. The number of hydrogen-bond donors (Lipinski definition) is 2. The van der Waals surface area contributed by atoms with Gasteiger partial charge in [-0.15, -0.1) is 0 Å². The fourth-order valence-corrected chi connectivity index (χ4v) is 4.40. The van der Waals surface area contributed by atoms with Gasteiger partial charge in [0.15, 0.2) is 0 Å². The van der Waals surface area contributed by atoms with Crippen molar-refractivity contribution in [1.82, 2.24) is 10.2 Å². The highest BCUT2D eigenvalue weighted by atomic mass is 16.3. The average molecular weight is 322 g/mol. The molecule has 0 aromatic heterocycles. The summed E-state index contributed by atoms with van der Waals surface area (Å²) in [6.07, 6.45) is 10.2. The van der Waals surface area contributed by atoms with E-state index in [4.69, 9.17) is 0 Å². The Morgan fingerprint density at radius 2 is 1.57 bits per heavy atom. The van der Waals surface area contributed by atoms with Gasteiger partial charge in [0, 0.05) is 18.5 Å². The molecule has 0 aromatic rings. The Labute approximate surface area is 138 Å². The van der Waals surface area contributed by atoms with E-state index in [1.54, 1.807) is 0 Å². The van der Waals surface area contributed by atoms with Crippen molar-refractivity contribution in [2.75, 3.05) is 6.54 Å². The van der Waals surface area contributed by atoms with E-state index in [1.165, 1.54) is 6.42 Å². The van der Waals surface area contributed by atoms with Crippen LogP contribution in [0.4, 0.5) is 0 Å². The molecule has 3 rings (SSSR count). The summed E-state index contributed by atoms with van der Waals surface area (Å²) in [6, 6.07) is -0.102. The number of hydrogen-bond acceptors (Lipinski definition) is 3. The highest BCUT2D eigenvalue weighted by molar-refractivity contribution is 5.89. The van der Waals surface area contributed by atoms with Crippen molar-refractivity contribution in [2.24, 2.45) is 5.92 Å². The number of nitrogens with zero attached hydrogens (tertiary/aromatic N) is 1. The first kappa shape index (κ1) is 16.7. The Hall–Kier alpha value is -1.10. The third kappa shape index (κ3) is 4.06. The number of carbonyl (C=O) groups is 2. The minimum Gasteiger partial charge on any atom is -0.393 e. The van der Waals surface area contributed by atoms with Crippen LogP contribution in [0, 0.1) is 5.92 Å². The van der Waals surface area contributed by atoms with Gasteiger partial charge < -0.3 is 15.3 Å². The maximum atomic E-state index is 12.8. The van der Waals surface area contributed by atoms with Crippen molar-refractivity contribution in [3.05, 3.63) is 0 Å². The first-order valence-corrected chi connectivity index (χ1v) is 9.44.